The van der Waals surface area contributed by atoms with Gasteiger partial charge in [0, 0.05) is 31.2 Å². The highest BCUT2D eigenvalue weighted by molar-refractivity contribution is 9.10. The molecule has 0 radical (unpaired) electrons. The Morgan fingerprint density at radius 3 is 1.87 bits per heavy atom. The molecule has 0 saturated carbocycles. The Hall–Kier alpha value is -6.71. The molecular weight excluding hydrogens is 965 g/mol. The van der Waals surface area contributed by atoms with Gasteiger partial charge < -0.3 is 24.3 Å². The molecule has 0 unspecified atom stereocenters. The summed E-state index contributed by atoms with van der Waals surface area (Å²) >= 11 is 3.43. The van der Waals surface area contributed by atoms with Gasteiger partial charge in [-0.3, -0.25) is 0 Å². The molecule has 0 saturated heterocycles. The first-order valence-corrected chi connectivity index (χ1v) is 24.4. The molecule has 20 heteroatoms. The van der Waals surface area contributed by atoms with Crippen LogP contribution in [0.5, 0.6) is 17.2 Å². The minimum Gasteiger partial charge on any atom is -0.497 e. The predicted molar refractivity (Wildman–Crippen MR) is 253 cm³/mol. The number of hydrogen-bond acceptors (Lipinski definition) is 13. The number of carbonyl (C=O) groups is 1. The Morgan fingerprint density at radius 1 is 0.716 bits per heavy atom. The summed E-state index contributed by atoms with van der Waals surface area (Å²) in [6, 6.07) is 36.8. The molecule has 0 bridgehead atoms. The number of ether oxygens (including phenoxy) is 4. The molecule has 67 heavy (non-hydrogen) atoms. The quantitative estimate of drug-likeness (QED) is 0.0725. The summed E-state index contributed by atoms with van der Waals surface area (Å²) < 4.78 is 87.2. The molecule has 2 heterocycles. The van der Waals surface area contributed by atoms with Crippen molar-refractivity contribution in [2.45, 2.75) is 49.0 Å². The van der Waals surface area contributed by atoms with E-state index in [0.717, 1.165) is 11.1 Å². The maximum atomic E-state index is 15.9. The van der Waals surface area contributed by atoms with Crippen molar-refractivity contribution in [1.82, 2.24) is 39.5 Å². The van der Waals surface area contributed by atoms with Crippen molar-refractivity contribution in [1.29, 1.82) is 0 Å². The number of sulfonamides is 2. The normalized spacial score (nSPS) is 12.1. The van der Waals surface area contributed by atoms with Crippen LogP contribution in [0, 0.1) is 0 Å². The van der Waals surface area contributed by atoms with Crippen molar-refractivity contribution >= 4 is 42.1 Å². The third-order valence-electron chi connectivity index (χ3n) is 10.3. The zero-order valence-corrected chi connectivity index (χ0v) is 40.1. The van der Waals surface area contributed by atoms with Crippen molar-refractivity contribution in [3.8, 4) is 39.9 Å². The van der Waals surface area contributed by atoms with Crippen LogP contribution in [0.15, 0.2) is 148 Å². The molecule has 348 valence electrons. The van der Waals surface area contributed by atoms with Crippen molar-refractivity contribution in [2.24, 2.45) is 0 Å². The van der Waals surface area contributed by atoms with E-state index >= 15 is 8.42 Å². The fraction of sp³-hybridized carbons (Fsp3) is 0.213. The third kappa shape index (κ3) is 12.2. The Labute approximate surface area is 397 Å². The van der Waals surface area contributed by atoms with E-state index in [2.05, 4.69) is 46.4 Å². The molecule has 1 atom stereocenters. The fourth-order valence-corrected chi connectivity index (χ4v) is 10.9. The second-order valence-corrected chi connectivity index (χ2v) is 19.5. The molecule has 7 aromatic rings. The second-order valence-electron chi connectivity index (χ2n) is 15.1. The topological polar surface area (TPSA) is 206 Å². The van der Waals surface area contributed by atoms with Gasteiger partial charge in [0.25, 0.3) is 0 Å². The standard InChI is InChI=1S/C47H47BrN8O9S2/c1-32(27-49-47(57)65-31-36-9-6-5-7-10-36)53-66(58,59)42-26-25-40(41-11-8-12-43(48)50-41)44(46-51-54-56(52-46)30-35-17-23-39(64-4)24-18-35)45(42)67(60,61)55(28-33-13-19-37(62-2)20-14-33)29-34-15-21-38(63-3)22-16-34/h5-26,32,53H,27-31H2,1-4H3,(H,49,57)/t32-/m1/s1. The molecule has 0 aliphatic rings. The molecule has 1 amide bonds. The maximum absolute atomic E-state index is 15.9. The number of hydrogen-bond donors (Lipinski definition) is 2. The van der Waals surface area contributed by atoms with Gasteiger partial charge in [0.2, 0.25) is 25.9 Å². The van der Waals surface area contributed by atoms with Crippen LogP contribution in [-0.2, 0) is 51.0 Å². The van der Waals surface area contributed by atoms with Gasteiger partial charge in [-0.15, -0.1) is 10.2 Å². The number of halogens is 1. The first kappa shape index (κ1) is 48.2. The number of nitrogens with zero attached hydrogens (tertiary/aromatic N) is 6. The van der Waals surface area contributed by atoms with Crippen molar-refractivity contribution in [2.75, 3.05) is 27.9 Å². The molecular formula is C47H47BrN8O9S2. The molecule has 0 aliphatic carbocycles. The van der Waals surface area contributed by atoms with Gasteiger partial charge in [0.1, 0.15) is 38.2 Å². The van der Waals surface area contributed by atoms with E-state index in [4.69, 9.17) is 18.9 Å². The lowest BCUT2D eigenvalue weighted by molar-refractivity contribution is 0.139. The van der Waals surface area contributed by atoms with Crippen molar-refractivity contribution in [3.63, 3.8) is 0 Å². The fourth-order valence-electron chi connectivity index (χ4n) is 6.93. The number of tetrazole rings is 1. The Balaban J connectivity index is 1.37. The Bertz CT molecular complexity index is 2970. The van der Waals surface area contributed by atoms with Gasteiger partial charge in [0.05, 0.1) is 39.1 Å². The van der Waals surface area contributed by atoms with Gasteiger partial charge in [-0.1, -0.05) is 78.9 Å². The summed E-state index contributed by atoms with van der Waals surface area (Å²) in [6.07, 6.45) is -0.775. The molecule has 2 N–H and O–H groups in total. The summed E-state index contributed by atoms with van der Waals surface area (Å²) in [5, 5.41) is 15.9. The van der Waals surface area contributed by atoms with Crippen molar-refractivity contribution < 1.29 is 40.6 Å². The van der Waals surface area contributed by atoms with E-state index < -0.39 is 42.0 Å². The molecule has 0 spiro atoms. The SMILES string of the molecule is COc1ccc(CN(Cc2ccc(OC)cc2)S(=O)(=O)c2c(S(=O)(=O)N[C@H](C)CNC(=O)OCc3ccccc3)ccc(-c3cccc(Br)n3)c2-c2nnn(Cc3ccc(OC)cc3)n2)cc1. The van der Waals surface area contributed by atoms with Crippen LogP contribution >= 0.6 is 15.9 Å². The number of aromatic nitrogens is 5. The summed E-state index contributed by atoms with van der Waals surface area (Å²) in [6.45, 7) is 1.04. The van der Waals surface area contributed by atoms with E-state index in [1.54, 1.807) is 98.1 Å². The number of rotatable bonds is 20. The predicted octanol–water partition coefficient (Wildman–Crippen LogP) is 7.22. The van der Waals surface area contributed by atoms with E-state index in [-0.39, 0.29) is 55.4 Å². The lowest BCUT2D eigenvalue weighted by Gasteiger charge is -2.26. The van der Waals surface area contributed by atoms with Gasteiger partial charge >= 0.3 is 6.09 Å². The van der Waals surface area contributed by atoms with Gasteiger partial charge in [-0.05, 0) is 105 Å². The molecule has 7 rings (SSSR count). The van der Waals surface area contributed by atoms with Crippen LogP contribution in [-0.4, -0.2) is 86.3 Å². The first-order chi connectivity index (χ1) is 32.3. The van der Waals surface area contributed by atoms with E-state index in [9.17, 15) is 13.2 Å². The van der Waals surface area contributed by atoms with Crippen molar-refractivity contribution in [3.05, 3.63) is 160 Å². The Kier molecular flexibility index (Phi) is 15.6. The monoisotopic (exact) mass is 1010 g/mol. The minimum absolute atomic E-state index is 0.00171. The Morgan fingerprint density at radius 2 is 1.30 bits per heavy atom. The first-order valence-electron chi connectivity index (χ1n) is 20.7. The zero-order chi connectivity index (χ0) is 47.6. The number of carbonyl (C=O) groups excluding carboxylic acids is 1. The molecule has 0 aliphatic heterocycles. The summed E-state index contributed by atoms with van der Waals surface area (Å²) in [5.41, 5.74) is 3.02. The van der Waals surface area contributed by atoms with Gasteiger partial charge in [-0.2, -0.15) is 9.10 Å². The summed E-state index contributed by atoms with van der Waals surface area (Å²) in [5.74, 6) is 1.57. The van der Waals surface area contributed by atoms with Gasteiger partial charge in [-0.25, -0.2) is 31.3 Å². The lowest BCUT2D eigenvalue weighted by Crippen LogP contribution is -2.42. The highest BCUT2D eigenvalue weighted by Gasteiger charge is 2.38. The van der Waals surface area contributed by atoms with Crippen LogP contribution in [0.4, 0.5) is 4.79 Å². The molecule has 0 fully saturated rings. The van der Waals surface area contributed by atoms with Gasteiger partial charge in [0.15, 0.2) is 0 Å². The van der Waals surface area contributed by atoms with Crippen LogP contribution in [0.25, 0.3) is 22.6 Å². The van der Waals surface area contributed by atoms with Crippen LogP contribution in [0.3, 0.4) is 0 Å². The van der Waals surface area contributed by atoms with E-state index in [0.29, 0.717) is 33.0 Å². The number of pyridine rings is 1. The summed E-state index contributed by atoms with van der Waals surface area (Å²) in [4.78, 5) is 17.4. The lowest BCUT2D eigenvalue weighted by atomic mass is 10.0. The largest absolute Gasteiger partial charge is 0.497 e. The second kappa shape index (κ2) is 21.7. The molecule has 2 aromatic heterocycles. The summed E-state index contributed by atoms with van der Waals surface area (Å²) in [7, 11) is -5.08. The highest BCUT2D eigenvalue weighted by Crippen LogP contribution is 2.41. The number of amides is 1. The minimum atomic E-state index is -4.92. The van der Waals surface area contributed by atoms with E-state index in [1.165, 1.54) is 42.4 Å². The molecule has 5 aromatic carbocycles. The zero-order valence-electron chi connectivity index (χ0n) is 36.9. The highest BCUT2D eigenvalue weighted by atomic mass is 79.9. The number of nitrogens with one attached hydrogen (secondary N) is 2. The van der Waals surface area contributed by atoms with Crippen LogP contribution < -0.4 is 24.2 Å². The number of methoxy groups -OCH3 is 3. The smallest absolute Gasteiger partial charge is 0.407 e. The average Bonchev–Trinajstić information content (AvgIpc) is 3.80. The maximum Gasteiger partial charge on any atom is 0.407 e. The number of benzene rings is 5. The molecule has 17 nitrogen and oxygen atoms in total. The van der Waals surface area contributed by atoms with E-state index in [1.807, 2.05) is 30.3 Å². The number of alkyl carbamates (subject to hydrolysis) is 1. The van der Waals surface area contributed by atoms with Crippen LogP contribution in [0.1, 0.15) is 29.2 Å². The third-order valence-corrected chi connectivity index (χ3v) is 14.4. The van der Waals surface area contributed by atoms with Crippen LogP contribution in [0.2, 0.25) is 0 Å². The average molecular weight is 1010 g/mol.